The van der Waals surface area contributed by atoms with Gasteiger partial charge in [0.15, 0.2) is 5.16 Å². The van der Waals surface area contributed by atoms with Gasteiger partial charge in [0.25, 0.3) is 0 Å². The molecule has 1 aromatic carbocycles. The van der Waals surface area contributed by atoms with Gasteiger partial charge in [-0.25, -0.2) is 4.79 Å². The third-order valence-corrected chi connectivity index (χ3v) is 4.13. The van der Waals surface area contributed by atoms with E-state index in [4.69, 9.17) is 0 Å². The number of rotatable bonds is 5. The molecule has 0 spiro atoms. The van der Waals surface area contributed by atoms with E-state index in [9.17, 15) is 14.4 Å². The summed E-state index contributed by atoms with van der Waals surface area (Å²) >= 11 is 1.16. The van der Waals surface area contributed by atoms with E-state index in [1.807, 2.05) is 6.07 Å². The Hall–Kier alpha value is -2.88. The summed E-state index contributed by atoms with van der Waals surface area (Å²) in [6.07, 6.45) is 1.51. The summed E-state index contributed by atoms with van der Waals surface area (Å²) in [6, 6.07) is 6.58. The van der Waals surface area contributed by atoms with Gasteiger partial charge in [-0.1, -0.05) is 17.8 Å². The van der Waals surface area contributed by atoms with Crippen molar-refractivity contribution in [3.05, 3.63) is 30.6 Å². The first-order valence-electron chi connectivity index (χ1n) is 7.38. The average Bonchev–Trinajstić information content (AvgIpc) is 3.02. The Morgan fingerprint density at radius 3 is 2.72 bits per heavy atom. The highest BCUT2D eigenvalue weighted by molar-refractivity contribution is 8.00. The van der Waals surface area contributed by atoms with Gasteiger partial charge in [-0.05, 0) is 25.1 Å². The summed E-state index contributed by atoms with van der Waals surface area (Å²) in [5.41, 5.74) is 1.37. The van der Waals surface area contributed by atoms with Crippen LogP contribution in [-0.4, -0.2) is 44.9 Å². The van der Waals surface area contributed by atoms with Crippen molar-refractivity contribution in [3.8, 4) is 5.69 Å². The van der Waals surface area contributed by atoms with E-state index in [0.29, 0.717) is 10.8 Å². The number of hydrogen-bond acceptors (Lipinski definition) is 6. The molecule has 0 radical (unpaired) electrons. The standard InChI is InChI=1S/C15H18N6O3S/c1-9(13(23)19-14(24)16-3)25-15-20-17-8-21(15)12-6-4-5-11(7-12)18-10(2)22/h4-9H,1-3H3,(H,18,22)(H2,16,19,23,24). The molecule has 1 atom stereocenters. The molecule has 2 aromatic rings. The maximum atomic E-state index is 12.0. The number of amides is 4. The molecule has 10 heteroatoms. The van der Waals surface area contributed by atoms with E-state index >= 15 is 0 Å². The predicted octanol–water partition coefficient (Wildman–Crippen LogP) is 1.16. The predicted molar refractivity (Wildman–Crippen MR) is 93.6 cm³/mol. The molecule has 0 fully saturated rings. The van der Waals surface area contributed by atoms with Crippen molar-refractivity contribution >= 4 is 35.3 Å². The molecule has 3 N–H and O–H groups in total. The molecule has 4 amide bonds. The van der Waals surface area contributed by atoms with Crippen molar-refractivity contribution in [1.82, 2.24) is 25.4 Å². The minimum absolute atomic E-state index is 0.171. The fraction of sp³-hybridized carbons (Fsp3) is 0.267. The molecule has 1 unspecified atom stereocenters. The van der Waals surface area contributed by atoms with E-state index in [-0.39, 0.29) is 5.91 Å². The molecule has 1 aromatic heterocycles. The van der Waals surface area contributed by atoms with Gasteiger partial charge in [0.05, 0.1) is 10.9 Å². The average molecular weight is 362 g/mol. The van der Waals surface area contributed by atoms with Gasteiger partial charge >= 0.3 is 6.03 Å². The summed E-state index contributed by atoms with van der Waals surface area (Å²) < 4.78 is 1.69. The van der Waals surface area contributed by atoms with Crippen molar-refractivity contribution in [3.63, 3.8) is 0 Å². The van der Waals surface area contributed by atoms with Crippen LogP contribution in [0.1, 0.15) is 13.8 Å². The second-order valence-electron chi connectivity index (χ2n) is 5.04. The van der Waals surface area contributed by atoms with Crippen LogP contribution >= 0.6 is 11.8 Å². The summed E-state index contributed by atoms with van der Waals surface area (Å²) in [5.74, 6) is -0.610. The molecule has 0 saturated carbocycles. The Morgan fingerprint density at radius 2 is 2.04 bits per heavy atom. The lowest BCUT2D eigenvalue weighted by molar-refractivity contribution is -0.119. The van der Waals surface area contributed by atoms with Crippen LogP contribution in [0.15, 0.2) is 35.7 Å². The summed E-state index contributed by atoms with van der Waals surface area (Å²) in [4.78, 5) is 34.4. The van der Waals surface area contributed by atoms with Crippen molar-refractivity contribution in [1.29, 1.82) is 0 Å². The number of urea groups is 1. The van der Waals surface area contributed by atoms with Crippen LogP contribution in [0.3, 0.4) is 0 Å². The SMILES string of the molecule is CNC(=O)NC(=O)C(C)Sc1nncn1-c1cccc(NC(C)=O)c1. The zero-order valence-corrected chi connectivity index (χ0v) is 14.8. The quantitative estimate of drug-likeness (QED) is 0.687. The normalized spacial score (nSPS) is 11.5. The van der Waals surface area contributed by atoms with E-state index in [0.717, 1.165) is 17.4 Å². The van der Waals surface area contributed by atoms with Crippen LogP contribution in [0.4, 0.5) is 10.5 Å². The largest absolute Gasteiger partial charge is 0.341 e. The number of imide groups is 1. The number of thioether (sulfide) groups is 1. The Bertz CT molecular complexity index is 791. The maximum absolute atomic E-state index is 12.0. The van der Waals surface area contributed by atoms with Crippen LogP contribution in [-0.2, 0) is 9.59 Å². The highest BCUT2D eigenvalue weighted by Crippen LogP contribution is 2.25. The third kappa shape index (κ3) is 5.05. The van der Waals surface area contributed by atoms with Gasteiger partial charge in [0, 0.05) is 19.7 Å². The third-order valence-electron chi connectivity index (χ3n) is 3.08. The molecule has 0 bridgehead atoms. The van der Waals surface area contributed by atoms with Crippen LogP contribution in [0.5, 0.6) is 0 Å². The molecule has 0 aliphatic rings. The molecule has 0 aliphatic carbocycles. The fourth-order valence-electron chi connectivity index (χ4n) is 1.91. The number of benzene rings is 1. The van der Waals surface area contributed by atoms with Crippen LogP contribution in [0, 0.1) is 0 Å². The number of hydrogen-bond donors (Lipinski definition) is 3. The Kier molecular flexibility index (Phi) is 6.12. The summed E-state index contributed by atoms with van der Waals surface area (Å²) in [5, 5.41) is 15.1. The Labute approximate surface area is 148 Å². The fourth-order valence-corrected chi connectivity index (χ4v) is 2.75. The molecule has 0 aliphatic heterocycles. The van der Waals surface area contributed by atoms with Crippen molar-refractivity contribution in [2.24, 2.45) is 0 Å². The number of nitrogens with one attached hydrogen (secondary N) is 3. The highest BCUT2D eigenvalue weighted by atomic mass is 32.2. The molecular formula is C15H18N6O3S. The minimum Gasteiger partial charge on any atom is -0.341 e. The second-order valence-corrected chi connectivity index (χ2v) is 6.35. The van der Waals surface area contributed by atoms with Crippen LogP contribution in [0.25, 0.3) is 5.69 Å². The zero-order chi connectivity index (χ0) is 18.4. The number of carbonyl (C=O) groups excluding carboxylic acids is 3. The van der Waals surface area contributed by atoms with Crippen molar-refractivity contribution < 1.29 is 14.4 Å². The molecule has 25 heavy (non-hydrogen) atoms. The Balaban J connectivity index is 2.16. The van der Waals surface area contributed by atoms with E-state index in [1.165, 1.54) is 20.3 Å². The second kappa shape index (κ2) is 8.29. The first kappa shape index (κ1) is 18.5. The highest BCUT2D eigenvalue weighted by Gasteiger charge is 2.20. The van der Waals surface area contributed by atoms with Gasteiger partial charge in [-0.3, -0.25) is 19.5 Å². The van der Waals surface area contributed by atoms with E-state index < -0.39 is 17.2 Å². The lowest BCUT2D eigenvalue weighted by atomic mass is 10.2. The topological polar surface area (TPSA) is 118 Å². The number of anilines is 1. The first-order chi connectivity index (χ1) is 11.9. The number of aromatic nitrogens is 3. The molecule has 2 rings (SSSR count). The van der Waals surface area contributed by atoms with Crippen molar-refractivity contribution in [2.45, 2.75) is 24.3 Å². The molecule has 132 valence electrons. The maximum Gasteiger partial charge on any atom is 0.321 e. The monoisotopic (exact) mass is 362 g/mol. The lowest BCUT2D eigenvalue weighted by Crippen LogP contribution is -2.41. The Morgan fingerprint density at radius 1 is 1.28 bits per heavy atom. The first-order valence-corrected chi connectivity index (χ1v) is 8.26. The van der Waals surface area contributed by atoms with Gasteiger partial charge in [-0.15, -0.1) is 10.2 Å². The van der Waals surface area contributed by atoms with Crippen LogP contribution in [0.2, 0.25) is 0 Å². The number of nitrogens with zero attached hydrogens (tertiary/aromatic N) is 3. The minimum atomic E-state index is -0.568. The summed E-state index contributed by atoms with van der Waals surface area (Å²) in [6.45, 7) is 3.09. The smallest absolute Gasteiger partial charge is 0.321 e. The number of carbonyl (C=O) groups is 3. The van der Waals surface area contributed by atoms with Gasteiger partial charge < -0.3 is 10.6 Å². The van der Waals surface area contributed by atoms with E-state index in [2.05, 4.69) is 26.1 Å². The summed E-state index contributed by atoms with van der Waals surface area (Å²) in [7, 11) is 1.43. The molecule has 1 heterocycles. The molecule has 9 nitrogen and oxygen atoms in total. The van der Waals surface area contributed by atoms with Gasteiger partial charge in [0.2, 0.25) is 11.8 Å². The van der Waals surface area contributed by atoms with E-state index in [1.54, 1.807) is 29.7 Å². The van der Waals surface area contributed by atoms with Gasteiger partial charge in [0.1, 0.15) is 6.33 Å². The molecule has 0 saturated heterocycles. The zero-order valence-electron chi connectivity index (χ0n) is 13.9. The van der Waals surface area contributed by atoms with Crippen LogP contribution < -0.4 is 16.0 Å². The van der Waals surface area contributed by atoms with Gasteiger partial charge in [-0.2, -0.15) is 0 Å². The lowest BCUT2D eigenvalue weighted by Gasteiger charge is -2.12. The van der Waals surface area contributed by atoms with Crippen molar-refractivity contribution in [2.75, 3.05) is 12.4 Å². The molecular weight excluding hydrogens is 344 g/mol.